The number of nitriles is 1. The molecule has 0 spiro atoms. The van der Waals surface area contributed by atoms with Crippen LogP contribution in [-0.2, 0) is 4.79 Å². The third-order valence-electron chi connectivity index (χ3n) is 4.02. The van der Waals surface area contributed by atoms with E-state index in [1.165, 1.54) is 0 Å². The van der Waals surface area contributed by atoms with Gasteiger partial charge in [-0.3, -0.25) is 9.69 Å². The Morgan fingerprint density at radius 2 is 2.05 bits per heavy atom. The minimum absolute atomic E-state index is 0.0917. The van der Waals surface area contributed by atoms with Crippen LogP contribution in [0.15, 0.2) is 0 Å². The molecule has 0 aliphatic carbocycles. The number of rotatable bonds is 7. The lowest BCUT2D eigenvalue weighted by Gasteiger charge is -2.34. The molecule has 0 radical (unpaired) electrons. The van der Waals surface area contributed by atoms with Crippen molar-refractivity contribution in [2.75, 3.05) is 33.2 Å². The summed E-state index contributed by atoms with van der Waals surface area (Å²) in [6.07, 6.45) is 3.74. The topological polar surface area (TPSA) is 68.2 Å². The second-order valence-electron chi connectivity index (χ2n) is 6.43. The maximum Gasteiger partial charge on any atom is 0.233 e. The van der Waals surface area contributed by atoms with Crippen molar-refractivity contribution in [3.05, 3.63) is 0 Å². The van der Waals surface area contributed by atoms with Crippen LogP contribution in [0.3, 0.4) is 0 Å². The van der Waals surface area contributed by atoms with Gasteiger partial charge in [-0.15, -0.1) is 0 Å². The molecule has 0 saturated carbocycles. The molecule has 1 aliphatic heterocycles. The Morgan fingerprint density at radius 1 is 1.40 bits per heavy atom. The van der Waals surface area contributed by atoms with Crippen LogP contribution in [0, 0.1) is 16.7 Å². The monoisotopic (exact) mass is 280 g/mol. The number of amides is 1. The Morgan fingerprint density at radius 3 is 2.60 bits per heavy atom. The summed E-state index contributed by atoms with van der Waals surface area (Å²) in [6.45, 7) is 7.83. The second kappa shape index (κ2) is 8.23. The quantitative estimate of drug-likeness (QED) is 0.733. The molecule has 0 aromatic carbocycles. The first-order chi connectivity index (χ1) is 9.46. The Balaban J connectivity index is 2.22. The van der Waals surface area contributed by atoms with Crippen LogP contribution in [0.1, 0.15) is 39.5 Å². The maximum absolute atomic E-state index is 11.3. The van der Waals surface area contributed by atoms with Crippen LogP contribution in [0.2, 0.25) is 0 Å². The van der Waals surface area contributed by atoms with Crippen LogP contribution in [0.5, 0.6) is 0 Å². The summed E-state index contributed by atoms with van der Waals surface area (Å²) in [5.74, 6) is 0.0917. The lowest BCUT2D eigenvalue weighted by molar-refractivity contribution is -0.122. The van der Waals surface area contributed by atoms with Crippen LogP contribution >= 0.6 is 0 Å². The van der Waals surface area contributed by atoms with Crippen molar-refractivity contribution in [2.45, 2.75) is 45.6 Å². The first kappa shape index (κ1) is 16.9. The Hall–Kier alpha value is -1.12. The number of nitrogens with zero attached hydrogens (tertiary/aromatic N) is 2. The minimum Gasteiger partial charge on any atom is -0.358 e. The van der Waals surface area contributed by atoms with Gasteiger partial charge in [0.1, 0.15) is 0 Å². The molecule has 1 aliphatic rings. The molecule has 1 heterocycles. The van der Waals surface area contributed by atoms with Crippen molar-refractivity contribution in [1.29, 1.82) is 5.26 Å². The van der Waals surface area contributed by atoms with Gasteiger partial charge in [-0.1, -0.05) is 13.8 Å². The summed E-state index contributed by atoms with van der Waals surface area (Å²) < 4.78 is 0. The van der Waals surface area contributed by atoms with Crippen LogP contribution in [-0.4, -0.2) is 50.1 Å². The first-order valence-electron chi connectivity index (χ1n) is 7.50. The fraction of sp³-hybridized carbons (Fsp3) is 0.867. The number of hydrogen-bond donors (Lipinski definition) is 2. The predicted molar refractivity (Wildman–Crippen MR) is 80.2 cm³/mol. The molecule has 0 atom stereocenters. The Kier molecular flexibility index (Phi) is 6.97. The average molecular weight is 280 g/mol. The number of hydrogen-bond acceptors (Lipinski definition) is 4. The van der Waals surface area contributed by atoms with E-state index in [9.17, 15) is 4.79 Å². The van der Waals surface area contributed by atoms with E-state index in [1.54, 1.807) is 7.05 Å². The highest BCUT2D eigenvalue weighted by Gasteiger charge is 2.23. The summed E-state index contributed by atoms with van der Waals surface area (Å²) in [7, 11) is 1.68. The highest BCUT2D eigenvalue weighted by molar-refractivity contribution is 5.77. The number of likely N-dealkylation sites (N-methyl/N-ethyl adjacent to an activating group) is 1. The normalized spacial score (nSPS) is 17.7. The maximum atomic E-state index is 11.3. The van der Waals surface area contributed by atoms with Gasteiger partial charge in [0.15, 0.2) is 0 Å². The van der Waals surface area contributed by atoms with E-state index in [0.717, 1.165) is 38.9 Å². The lowest BCUT2D eigenvalue weighted by atomic mass is 9.87. The van der Waals surface area contributed by atoms with Crippen molar-refractivity contribution in [3.8, 4) is 6.07 Å². The van der Waals surface area contributed by atoms with Gasteiger partial charge in [0.2, 0.25) is 5.91 Å². The van der Waals surface area contributed by atoms with E-state index in [1.807, 2.05) is 0 Å². The van der Waals surface area contributed by atoms with Gasteiger partial charge in [-0.05, 0) is 24.7 Å². The van der Waals surface area contributed by atoms with E-state index in [2.05, 4.69) is 35.5 Å². The van der Waals surface area contributed by atoms with E-state index < -0.39 is 0 Å². The summed E-state index contributed by atoms with van der Waals surface area (Å²) in [4.78, 5) is 13.5. The van der Waals surface area contributed by atoms with Gasteiger partial charge in [-0.2, -0.15) is 5.26 Å². The van der Waals surface area contributed by atoms with Crippen molar-refractivity contribution in [1.82, 2.24) is 15.5 Å². The zero-order valence-corrected chi connectivity index (χ0v) is 13.0. The molecule has 20 heavy (non-hydrogen) atoms. The lowest BCUT2D eigenvalue weighted by Crippen LogP contribution is -2.47. The number of likely N-dealkylation sites (tertiary alicyclic amines) is 1. The fourth-order valence-electron chi connectivity index (χ4n) is 2.48. The summed E-state index contributed by atoms with van der Waals surface area (Å²) in [6, 6.07) is 2.76. The van der Waals surface area contributed by atoms with E-state index in [0.29, 0.717) is 19.0 Å². The summed E-state index contributed by atoms with van der Waals surface area (Å²) >= 11 is 0. The molecule has 1 saturated heterocycles. The Bertz CT molecular complexity index is 340. The standard InChI is InChI=1S/C15H28N4O/c1-15(2,7-4-8-16)12-18-13-5-9-19(10-6-13)11-14(20)17-3/h13,18H,4-7,9-12H2,1-3H3,(H,17,20). The van der Waals surface area contributed by atoms with Gasteiger partial charge in [-0.25, -0.2) is 0 Å². The minimum atomic E-state index is 0.0917. The van der Waals surface area contributed by atoms with Gasteiger partial charge in [0.25, 0.3) is 0 Å². The smallest absolute Gasteiger partial charge is 0.233 e. The first-order valence-corrected chi connectivity index (χ1v) is 7.50. The molecule has 0 aromatic rings. The number of carbonyl (C=O) groups excluding carboxylic acids is 1. The number of nitrogens with one attached hydrogen (secondary N) is 2. The van der Waals surface area contributed by atoms with E-state index in [4.69, 9.17) is 5.26 Å². The van der Waals surface area contributed by atoms with Crippen molar-refractivity contribution in [3.63, 3.8) is 0 Å². The molecule has 0 unspecified atom stereocenters. The van der Waals surface area contributed by atoms with Crippen molar-refractivity contribution >= 4 is 5.91 Å². The molecule has 5 heteroatoms. The molecular formula is C15H28N4O. The van der Waals surface area contributed by atoms with Crippen LogP contribution in [0.4, 0.5) is 0 Å². The third kappa shape index (κ3) is 6.36. The molecule has 0 bridgehead atoms. The van der Waals surface area contributed by atoms with Gasteiger partial charge in [0, 0.05) is 39.1 Å². The highest BCUT2D eigenvalue weighted by Crippen LogP contribution is 2.21. The molecule has 5 nitrogen and oxygen atoms in total. The molecule has 1 amide bonds. The largest absolute Gasteiger partial charge is 0.358 e. The summed E-state index contributed by atoms with van der Waals surface area (Å²) in [5.41, 5.74) is 0.176. The summed E-state index contributed by atoms with van der Waals surface area (Å²) in [5, 5.41) is 14.9. The molecule has 0 aromatic heterocycles. The molecule has 2 N–H and O–H groups in total. The van der Waals surface area contributed by atoms with Gasteiger partial charge < -0.3 is 10.6 Å². The fourth-order valence-corrected chi connectivity index (χ4v) is 2.48. The zero-order valence-electron chi connectivity index (χ0n) is 13.0. The predicted octanol–water partition coefficient (Wildman–Crippen LogP) is 1.12. The molecule has 1 rings (SSSR count). The number of carbonyl (C=O) groups is 1. The molecular weight excluding hydrogens is 252 g/mol. The molecule has 1 fully saturated rings. The SMILES string of the molecule is CNC(=O)CN1CCC(NCC(C)(C)CCC#N)CC1. The third-order valence-corrected chi connectivity index (χ3v) is 4.02. The van der Waals surface area contributed by atoms with Crippen molar-refractivity contribution < 1.29 is 4.79 Å². The van der Waals surface area contributed by atoms with Crippen LogP contribution < -0.4 is 10.6 Å². The van der Waals surface area contributed by atoms with Crippen LogP contribution in [0.25, 0.3) is 0 Å². The van der Waals surface area contributed by atoms with E-state index >= 15 is 0 Å². The van der Waals surface area contributed by atoms with Gasteiger partial charge in [0.05, 0.1) is 12.6 Å². The molecule has 114 valence electrons. The van der Waals surface area contributed by atoms with Crippen molar-refractivity contribution in [2.24, 2.45) is 5.41 Å². The zero-order chi connectivity index (χ0) is 15.0. The second-order valence-corrected chi connectivity index (χ2v) is 6.43. The van der Waals surface area contributed by atoms with Gasteiger partial charge >= 0.3 is 0 Å². The van der Waals surface area contributed by atoms with E-state index in [-0.39, 0.29) is 11.3 Å². The number of piperidine rings is 1. The average Bonchev–Trinajstić information content (AvgIpc) is 2.44. The highest BCUT2D eigenvalue weighted by atomic mass is 16.1. The Labute approximate surface area is 122 Å².